The Bertz CT molecular complexity index is 281. The van der Waals surface area contributed by atoms with Crippen molar-refractivity contribution in [1.29, 1.82) is 0 Å². The van der Waals surface area contributed by atoms with Crippen LogP contribution in [0.25, 0.3) is 0 Å². The molecule has 4 unspecified atom stereocenters. The van der Waals surface area contributed by atoms with Gasteiger partial charge in [0.2, 0.25) is 0 Å². The number of aliphatic hydroxyl groups excluding tert-OH is 2. The van der Waals surface area contributed by atoms with Gasteiger partial charge >= 0.3 is 5.97 Å². The fourth-order valence-electron chi connectivity index (χ4n) is 1.24. The molecule has 0 aromatic carbocycles. The lowest BCUT2D eigenvalue weighted by atomic mass is 10.2. The van der Waals surface area contributed by atoms with E-state index in [1.807, 2.05) is 6.92 Å². The standard InChI is InChI=1S/C14H26O6/c1-5-12(15)8-18-7-10(3)19-9-13(16)11(4)20-14(17)6-2/h6,10-13,15-16H,2,5,7-9H2,1,3-4H3. The summed E-state index contributed by atoms with van der Waals surface area (Å²) < 4.78 is 15.5. The third-order valence-corrected chi connectivity index (χ3v) is 2.70. The first-order valence-electron chi connectivity index (χ1n) is 6.79. The predicted molar refractivity (Wildman–Crippen MR) is 74.3 cm³/mol. The Labute approximate surface area is 120 Å². The molecule has 2 N–H and O–H groups in total. The summed E-state index contributed by atoms with van der Waals surface area (Å²) in [5.74, 6) is -0.582. The maximum absolute atomic E-state index is 11.0. The van der Waals surface area contributed by atoms with Crippen LogP contribution in [0.1, 0.15) is 27.2 Å². The van der Waals surface area contributed by atoms with Crippen molar-refractivity contribution in [3.05, 3.63) is 12.7 Å². The largest absolute Gasteiger partial charge is 0.457 e. The van der Waals surface area contributed by atoms with Crippen LogP contribution in [0.3, 0.4) is 0 Å². The lowest BCUT2D eigenvalue weighted by molar-refractivity contribution is -0.151. The zero-order chi connectivity index (χ0) is 15.5. The smallest absolute Gasteiger partial charge is 0.330 e. The lowest BCUT2D eigenvalue weighted by Crippen LogP contribution is -2.34. The molecule has 0 amide bonds. The molecule has 0 aliphatic carbocycles. The summed E-state index contributed by atoms with van der Waals surface area (Å²) in [5, 5.41) is 19.1. The molecule has 118 valence electrons. The minimum Gasteiger partial charge on any atom is -0.457 e. The Hall–Kier alpha value is -0.950. The minimum absolute atomic E-state index is 0.0342. The molecule has 6 heteroatoms. The highest BCUT2D eigenvalue weighted by atomic mass is 16.6. The molecular formula is C14H26O6. The first-order chi connectivity index (χ1) is 9.40. The van der Waals surface area contributed by atoms with Crippen LogP contribution >= 0.6 is 0 Å². The van der Waals surface area contributed by atoms with E-state index in [0.29, 0.717) is 13.0 Å². The topological polar surface area (TPSA) is 85.2 Å². The highest BCUT2D eigenvalue weighted by Gasteiger charge is 2.18. The number of esters is 1. The molecule has 0 fully saturated rings. The Balaban J connectivity index is 3.79. The Morgan fingerprint density at radius 1 is 1.25 bits per heavy atom. The van der Waals surface area contributed by atoms with E-state index in [4.69, 9.17) is 14.2 Å². The predicted octanol–water partition coefficient (Wildman–Crippen LogP) is 0.658. The van der Waals surface area contributed by atoms with E-state index in [-0.39, 0.29) is 19.3 Å². The zero-order valence-corrected chi connectivity index (χ0v) is 12.4. The molecule has 4 atom stereocenters. The molecule has 0 bridgehead atoms. The van der Waals surface area contributed by atoms with Gasteiger partial charge < -0.3 is 24.4 Å². The molecular weight excluding hydrogens is 264 g/mol. The van der Waals surface area contributed by atoms with Crippen molar-refractivity contribution < 1.29 is 29.2 Å². The average Bonchev–Trinajstić information content (AvgIpc) is 2.43. The van der Waals surface area contributed by atoms with Gasteiger partial charge in [-0.1, -0.05) is 13.5 Å². The van der Waals surface area contributed by atoms with Gasteiger partial charge in [-0.05, 0) is 20.3 Å². The number of rotatable bonds is 11. The monoisotopic (exact) mass is 290 g/mol. The normalized spacial score (nSPS) is 17.1. The quantitative estimate of drug-likeness (QED) is 0.429. The molecule has 0 aliphatic rings. The van der Waals surface area contributed by atoms with Crippen LogP contribution in [0.2, 0.25) is 0 Å². The highest BCUT2D eigenvalue weighted by Crippen LogP contribution is 2.03. The summed E-state index contributed by atoms with van der Waals surface area (Å²) >= 11 is 0. The van der Waals surface area contributed by atoms with Crippen LogP contribution in [0, 0.1) is 0 Å². The van der Waals surface area contributed by atoms with Crippen molar-refractivity contribution in [1.82, 2.24) is 0 Å². The van der Waals surface area contributed by atoms with E-state index in [1.54, 1.807) is 13.8 Å². The maximum atomic E-state index is 11.0. The van der Waals surface area contributed by atoms with E-state index >= 15 is 0 Å². The van der Waals surface area contributed by atoms with E-state index in [2.05, 4.69) is 6.58 Å². The number of ether oxygens (including phenoxy) is 3. The molecule has 6 nitrogen and oxygen atoms in total. The molecule has 0 rings (SSSR count). The Morgan fingerprint density at radius 3 is 2.45 bits per heavy atom. The third kappa shape index (κ3) is 9.03. The molecule has 0 saturated carbocycles. The van der Waals surface area contributed by atoms with Crippen molar-refractivity contribution in [3.63, 3.8) is 0 Å². The number of carbonyl (C=O) groups is 1. The minimum atomic E-state index is -0.914. The third-order valence-electron chi connectivity index (χ3n) is 2.70. The average molecular weight is 290 g/mol. The van der Waals surface area contributed by atoms with Gasteiger partial charge in [0, 0.05) is 6.08 Å². The summed E-state index contributed by atoms with van der Waals surface area (Å²) in [6.45, 7) is 9.15. The molecule has 0 aromatic rings. The van der Waals surface area contributed by atoms with Crippen molar-refractivity contribution in [2.24, 2.45) is 0 Å². The molecule has 0 heterocycles. The van der Waals surface area contributed by atoms with Crippen molar-refractivity contribution >= 4 is 5.97 Å². The fourth-order valence-corrected chi connectivity index (χ4v) is 1.24. The lowest BCUT2D eigenvalue weighted by Gasteiger charge is -2.21. The van der Waals surface area contributed by atoms with Crippen molar-refractivity contribution in [3.8, 4) is 0 Å². The van der Waals surface area contributed by atoms with Gasteiger partial charge in [-0.25, -0.2) is 4.79 Å². The summed E-state index contributed by atoms with van der Waals surface area (Å²) in [7, 11) is 0. The first-order valence-corrected chi connectivity index (χ1v) is 6.79. The fraction of sp³-hybridized carbons (Fsp3) is 0.786. The summed E-state index contributed by atoms with van der Waals surface area (Å²) in [6, 6.07) is 0. The van der Waals surface area contributed by atoms with Crippen LogP contribution in [0.4, 0.5) is 0 Å². The van der Waals surface area contributed by atoms with Crippen LogP contribution in [0.15, 0.2) is 12.7 Å². The van der Waals surface area contributed by atoms with Gasteiger partial charge in [0.25, 0.3) is 0 Å². The van der Waals surface area contributed by atoms with Gasteiger partial charge in [-0.2, -0.15) is 0 Å². The molecule has 0 saturated heterocycles. The number of carbonyl (C=O) groups excluding carboxylic acids is 1. The van der Waals surface area contributed by atoms with Crippen LogP contribution in [-0.4, -0.2) is 60.4 Å². The number of hydrogen-bond donors (Lipinski definition) is 2. The maximum Gasteiger partial charge on any atom is 0.330 e. The summed E-state index contributed by atoms with van der Waals surface area (Å²) in [6.07, 6.45) is -0.597. The van der Waals surface area contributed by atoms with Crippen LogP contribution in [0.5, 0.6) is 0 Å². The van der Waals surface area contributed by atoms with Crippen LogP contribution in [-0.2, 0) is 19.0 Å². The first kappa shape index (κ1) is 19.1. The van der Waals surface area contributed by atoms with Gasteiger partial charge in [-0.3, -0.25) is 0 Å². The molecule has 0 aliphatic heterocycles. The van der Waals surface area contributed by atoms with Gasteiger partial charge in [0.15, 0.2) is 0 Å². The van der Waals surface area contributed by atoms with Crippen LogP contribution < -0.4 is 0 Å². The molecule has 0 spiro atoms. The second-order valence-corrected chi connectivity index (χ2v) is 4.66. The molecule has 0 radical (unpaired) electrons. The van der Waals surface area contributed by atoms with E-state index < -0.39 is 24.3 Å². The number of hydrogen-bond acceptors (Lipinski definition) is 6. The number of aliphatic hydroxyl groups is 2. The summed E-state index contributed by atoms with van der Waals surface area (Å²) in [4.78, 5) is 11.0. The van der Waals surface area contributed by atoms with Crippen molar-refractivity contribution in [2.45, 2.75) is 51.6 Å². The second kappa shape index (κ2) is 10.8. The molecule has 20 heavy (non-hydrogen) atoms. The van der Waals surface area contributed by atoms with E-state index in [9.17, 15) is 15.0 Å². The van der Waals surface area contributed by atoms with Gasteiger partial charge in [0.05, 0.1) is 32.0 Å². The van der Waals surface area contributed by atoms with E-state index in [1.165, 1.54) is 0 Å². The Kier molecular flexibility index (Phi) is 10.3. The van der Waals surface area contributed by atoms with Gasteiger partial charge in [0.1, 0.15) is 12.2 Å². The summed E-state index contributed by atoms with van der Waals surface area (Å²) in [5.41, 5.74) is 0. The molecule has 0 aromatic heterocycles. The SMILES string of the molecule is C=CC(=O)OC(C)C(O)COC(C)COCC(O)CC. The van der Waals surface area contributed by atoms with E-state index in [0.717, 1.165) is 6.08 Å². The zero-order valence-electron chi connectivity index (χ0n) is 12.4. The second-order valence-electron chi connectivity index (χ2n) is 4.66. The highest BCUT2D eigenvalue weighted by molar-refractivity contribution is 5.81. The van der Waals surface area contributed by atoms with Gasteiger partial charge in [-0.15, -0.1) is 0 Å². The van der Waals surface area contributed by atoms with Crippen molar-refractivity contribution in [2.75, 3.05) is 19.8 Å². The Morgan fingerprint density at radius 2 is 1.90 bits per heavy atom.